The quantitative estimate of drug-likeness (QED) is 0.447. The fraction of sp³-hybridized carbons (Fsp3) is 1.00. The van der Waals surface area contributed by atoms with Gasteiger partial charge in [-0.05, 0) is 26.4 Å². The Balaban J connectivity index is 2.30. The second kappa shape index (κ2) is 2.54. The second-order valence-corrected chi connectivity index (χ2v) is 2.51. The largest absolute Gasteiger partial charge is 0.304 e. The highest BCUT2D eigenvalue weighted by Gasteiger charge is 2.17. The normalized spacial score (nSPS) is 31.4. The molecule has 1 aliphatic heterocycles. The Morgan fingerprint density at radius 3 is 2.75 bits per heavy atom. The summed E-state index contributed by atoms with van der Waals surface area (Å²) in [4.78, 5) is 2.33. The average Bonchev–Trinajstić information content (AvgIpc) is 2.14. The zero-order valence-corrected chi connectivity index (χ0v) is 5.43. The summed E-state index contributed by atoms with van der Waals surface area (Å²) in [5.41, 5.74) is 0. The number of hydrogen-bond donors (Lipinski definition) is 0. The van der Waals surface area contributed by atoms with Crippen LogP contribution < -0.4 is 0 Å². The summed E-state index contributed by atoms with van der Waals surface area (Å²) in [6.07, 6.45) is 3.46. The van der Waals surface area contributed by atoms with Crippen molar-refractivity contribution in [3.63, 3.8) is 0 Å². The van der Waals surface area contributed by atoms with Crippen molar-refractivity contribution in [2.75, 3.05) is 13.6 Å². The molecule has 0 spiro atoms. The van der Waals surface area contributed by atoms with E-state index >= 15 is 0 Å². The maximum Gasteiger partial charge on any atom is 0.0674 e. The zero-order chi connectivity index (χ0) is 5.98. The molecule has 0 aliphatic carbocycles. The lowest BCUT2D eigenvalue weighted by atomic mass is 9.96. The van der Waals surface area contributed by atoms with Crippen LogP contribution in [0.3, 0.4) is 0 Å². The van der Waals surface area contributed by atoms with Crippen LogP contribution >= 0.6 is 0 Å². The topological polar surface area (TPSA) is 3.24 Å². The van der Waals surface area contributed by atoms with E-state index in [0.29, 0.717) is 6.04 Å². The molecule has 0 N–H and O–H groups in total. The fourth-order valence-corrected chi connectivity index (χ4v) is 1.28. The molecular formula is C6H12BN. The Morgan fingerprint density at radius 1 is 1.75 bits per heavy atom. The summed E-state index contributed by atoms with van der Waals surface area (Å²) in [6.45, 7) is 1.24. The first-order chi connectivity index (χ1) is 3.84. The van der Waals surface area contributed by atoms with Crippen LogP contribution in [0, 0.1) is 0 Å². The van der Waals surface area contributed by atoms with Gasteiger partial charge in [0.05, 0.1) is 7.85 Å². The van der Waals surface area contributed by atoms with Gasteiger partial charge in [-0.15, -0.1) is 0 Å². The van der Waals surface area contributed by atoms with E-state index in [1.807, 2.05) is 0 Å². The fourth-order valence-electron chi connectivity index (χ4n) is 1.28. The molecule has 1 rings (SSSR count). The van der Waals surface area contributed by atoms with Crippen LogP contribution in [0.15, 0.2) is 0 Å². The number of rotatable bonds is 1. The Kier molecular flexibility index (Phi) is 1.95. The van der Waals surface area contributed by atoms with E-state index in [4.69, 9.17) is 7.85 Å². The third-order valence-electron chi connectivity index (χ3n) is 1.94. The van der Waals surface area contributed by atoms with Crippen molar-refractivity contribution in [1.82, 2.24) is 4.90 Å². The van der Waals surface area contributed by atoms with Crippen molar-refractivity contribution >= 4 is 7.85 Å². The van der Waals surface area contributed by atoms with E-state index in [9.17, 15) is 0 Å². The minimum Gasteiger partial charge on any atom is -0.304 e. The molecule has 2 radical (unpaired) electrons. The van der Waals surface area contributed by atoms with Crippen LogP contribution in [-0.4, -0.2) is 32.4 Å². The summed E-state index contributed by atoms with van der Waals surface area (Å²) in [6, 6.07) is 0.676. The standard InChI is InChI=1S/C6H12BN/c1-8-4-2-3-6(8)5-7/h6H,2-5H2,1H3. The van der Waals surface area contributed by atoms with Crippen molar-refractivity contribution in [2.24, 2.45) is 0 Å². The first kappa shape index (κ1) is 6.15. The highest BCUT2D eigenvalue weighted by Crippen LogP contribution is 2.16. The number of likely N-dealkylation sites (tertiary alicyclic amines) is 1. The molecule has 1 nitrogen and oxygen atoms in total. The van der Waals surface area contributed by atoms with Crippen molar-refractivity contribution in [2.45, 2.75) is 25.2 Å². The minimum atomic E-state index is 0.676. The van der Waals surface area contributed by atoms with Gasteiger partial charge in [0.2, 0.25) is 0 Å². The smallest absolute Gasteiger partial charge is 0.0674 e. The van der Waals surface area contributed by atoms with Gasteiger partial charge in [0.15, 0.2) is 0 Å². The third-order valence-corrected chi connectivity index (χ3v) is 1.94. The number of nitrogens with zero attached hydrogens (tertiary/aromatic N) is 1. The Hall–Kier alpha value is 0.0249. The van der Waals surface area contributed by atoms with E-state index in [2.05, 4.69) is 11.9 Å². The number of hydrogen-bond acceptors (Lipinski definition) is 1. The molecule has 0 amide bonds. The first-order valence-corrected chi connectivity index (χ1v) is 3.25. The lowest BCUT2D eigenvalue weighted by molar-refractivity contribution is 0.331. The Morgan fingerprint density at radius 2 is 2.50 bits per heavy atom. The SMILES string of the molecule is [B]CC1CCCN1C. The van der Waals surface area contributed by atoms with Crippen LogP contribution in [0.4, 0.5) is 0 Å². The Bertz CT molecular complexity index is 74.9. The van der Waals surface area contributed by atoms with Gasteiger partial charge in [0.25, 0.3) is 0 Å². The molecule has 0 aromatic heterocycles. The summed E-state index contributed by atoms with van der Waals surface area (Å²) in [7, 11) is 7.63. The second-order valence-electron chi connectivity index (χ2n) is 2.51. The molecule has 2 heteroatoms. The van der Waals surface area contributed by atoms with Crippen LogP contribution in [0.2, 0.25) is 6.32 Å². The van der Waals surface area contributed by atoms with Gasteiger partial charge in [-0.2, -0.15) is 0 Å². The molecule has 8 heavy (non-hydrogen) atoms. The zero-order valence-electron chi connectivity index (χ0n) is 5.43. The molecule has 1 heterocycles. The highest BCUT2D eigenvalue weighted by molar-refractivity contribution is 6.08. The molecule has 1 saturated heterocycles. The summed E-state index contributed by atoms with van der Waals surface area (Å²) in [5.74, 6) is 0. The summed E-state index contributed by atoms with van der Waals surface area (Å²) >= 11 is 0. The van der Waals surface area contributed by atoms with Crippen molar-refractivity contribution < 1.29 is 0 Å². The highest BCUT2D eigenvalue weighted by atomic mass is 15.1. The van der Waals surface area contributed by atoms with Gasteiger partial charge >= 0.3 is 0 Å². The molecule has 1 aliphatic rings. The monoisotopic (exact) mass is 109 g/mol. The van der Waals surface area contributed by atoms with E-state index < -0.39 is 0 Å². The van der Waals surface area contributed by atoms with Crippen molar-refractivity contribution in [1.29, 1.82) is 0 Å². The van der Waals surface area contributed by atoms with Crippen LogP contribution in [0.5, 0.6) is 0 Å². The maximum absolute atomic E-state index is 5.48. The molecule has 0 aromatic carbocycles. The third kappa shape index (κ3) is 1.05. The van der Waals surface area contributed by atoms with Crippen LogP contribution in [0.1, 0.15) is 12.8 Å². The van der Waals surface area contributed by atoms with E-state index in [1.165, 1.54) is 19.4 Å². The van der Waals surface area contributed by atoms with Crippen molar-refractivity contribution in [3.8, 4) is 0 Å². The maximum atomic E-state index is 5.48. The predicted octanol–water partition coefficient (Wildman–Crippen LogP) is 0.667. The molecule has 1 atom stereocenters. The summed E-state index contributed by atoms with van der Waals surface area (Å²) < 4.78 is 0. The molecule has 0 aromatic rings. The molecule has 1 unspecified atom stereocenters. The van der Waals surface area contributed by atoms with E-state index in [1.54, 1.807) is 0 Å². The molecule has 1 fully saturated rings. The average molecular weight is 109 g/mol. The van der Waals surface area contributed by atoms with Gasteiger partial charge in [0, 0.05) is 6.04 Å². The van der Waals surface area contributed by atoms with E-state index in [-0.39, 0.29) is 0 Å². The molecule has 0 saturated carbocycles. The van der Waals surface area contributed by atoms with Gasteiger partial charge < -0.3 is 4.90 Å². The van der Waals surface area contributed by atoms with Crippen LogP contribution in [0.25, 0.3) is 0 Å². The van der Waals surface area contributed by atoms with Crippen LogP contribution in [-0.2, 0) is 0 Å². The predicted molar refractivity (Wildman–Crippen MR) is 36.2 cm³/mol. The summed E-state index contributed by atoms with van der Waals surface area (Å²) in [5, 5.41) is 0. The van der Waals surface area contributed by atoms with Gasteiger partial charge in [-0.1, -0.05) is 6.32 Å². The van der Waals surface area contributed by atoms with Crippen molar-refractivity contribution in [3.05, 3.63) is 0 Å². The Labute approximate surface area is 52.5 Å². The lowest BCUT2D eigenvalue weighted by Crippen LogP contribution is -2.23. The van der Waals surface area contributed by atoms with Gasteiger partial charge in [-0.3, -0.25) is 0 Å². The van der Waals surface area contributed by atoms with Gasteiger partial charge in [0.1, 0.15) is 0 Å². The lowest BCUT2D eigenvalue weighted by Gasteiger charge is -2.16. The molecular weight excluding hydrogens is 96.9 g/mol. The van der Waals surface area contributed by atoms with Gasteiger partial charge in [-0.25, -0.2) is 0 Å². The molecule has 0 bridgehead atoms. The first-order valence-electron chi connectivity index (χ1n) is 3.25. The van der Waals surface area contributed by atoms with E-state index in [0.717, 1.165) is 6.32 Å². The molecule has 44 valence electrons. The minimum absolute atomic E-state index is 0.676.